The van der Waals surface area contributed by atoms with Crippen LogP contribution in [0.3, 0.4) is 0 Å². The molecule has 3 rings (SSSR count). The van der Waals surface area contributed by atoms with Crippen molar-refractivity contribution >= 4 is 5.91 Å². The van der Waals surface area contributed by atoms with Crippen LogP contribution in [0.15, 0.2) is 24.3 Å². The first-order chi connectivity index (χ1) is 42.3. The molecule has 3 heterocycles. The highest BCUT2D eigenvalue weighted by Gasteiger charge is 2.53. The van der Waals surface area contributed by atoms with Gasteiger partial charge in [0.2, 0.25) is 5.91 Å². The standard InChI is InChI=1S/C68H127NO18/c1-3-5-7-9-11-13-15-17-19-21-22-23-24-25-26-27-28-30-31-33-35-37-39-41-43-45-52(73)51(69-56(74)46-44-42-40-38-36-34-32-29-20-18-16-14-12-10-8-6-4-2)50-82-66-62(80)59(77)64(54(48-71)84-66)87-68-63(81)60(78)65(55(49-72)85-68)86-67-61(79)58(76)57(75)53(47-70)83-67/h18,20,43,45,51-55,57-68,70-73,75-81H,3-17,19,21-42,44,46-50H2,1-2H3,(H,69,74)/b20-18-,45-43+. The molecule has 3 aliphatic heterocycles. The third-order valence-corrected chi connectivity index (χ3v) is 17.7. The van der Waals surface area contributed by atoms with Crippen molar-refractivity contribution in [3.63, 3.8) is 0 Å². The van der Waals surface area contributed by atoms with Crippen LogP contribution in [0, 0.1) is 0 Å². The first-order valence-corrected chi connectivity index (χ1v) is 35.1. The minimum atomic E-state index is -1.98. The summed E-state index contributed by atoms with van der Waals surface area (Å²) >= 11 is 0. The molecule has 3 fully saturated rings. The monoisotopic (exact) mass is 1250 g/mol. The Morgan fingerprint density at radius 3 is 1.11 bits per heavy atom. The zero-order valence-electron chi connectivity index (χ0n) is 54.0. The number of hydrogen-bond donors (Lipinski definition) is 12. The third kappa shape index (κ3) is 33.1. The van der Waals surface area contributed by atoms with Crippen molar-refractivity contribution in [2.75, 3.05) is 26.4 Å². The molecule has 0 bridgehead atoms. The fraction of sp³-hybridized carbons (Fsp3) is 0.926. The summed E-state index contributed by atoms with van der Waals surface area (Å²) in [6, 6.07) is -0.974. The average molecular weight is 1250 g/mol. The highest BCUT2D eigenvalue weighted by molar-refractivity contribution is 5.76. The minimum absolute atomic E-state index is 0.240. The van der Waals surface area contributed by atoms with Gasteiger partial charge in [0.25, 0.3) is 0 Å². The summed E-state index contributed by atoms with van der Waals surface area (Å²) in [5.74, 6) is -0.277. The molecule has 0 aliphatic carbocycles. The molecule has 0 aromatic rings. The van der Waals surface area contributed by atoms with Crippen molar-refractivity contribution in [3.05, 3.63) is 24.3 Å². The van der Waals surface area contributed by atoms with Gasteiger partial charge in [-0.2, -0.15) is 0 Å². The Hall–Kier alpha value is -1.73. The van der Waals surface area contributed by atoms with Crippen LogP contribution >= 0.6 is 0 Å². The molecule has 87 heavy (non-hydrogen) atoms. The van der Waals surface area contributed by atoms with E-state index >= 15 is 0 Å². The van der Waals surface area contributed by atoms with Gasteiger partial charge in [-0.05, 0) is 44.9 Å². The van der Waals surface area contributed by atoms with Crippen molar-refractivity contribution in [2.24, 2.45) is 0 Å². The molecule has 19 heteroatoms. The number of allylic oxidation sites excluding steroid dienone is 3. The van der Waals surface area contributed by atoms with E-state index in [2.05, 4.69) is 31.3 Å². The zero-order valence-corrected chi connectivity index (χ0v) is 54.0. The molecular formula is C68H127NO18. The van der Waals surface area contributed by atoms with Gasteiger partial charge in [0.05, 0.1) is 38.6 Å². The van der Waals surface area contributed by atoms with Crippen LogP contribution in [0.1, 0.15) is 271 Å². The number of hydrogen-bond acceptors (Lipinski definition) is 18. The van der Waals surface area contributed by atoms with E-state index in [0.29, 0.717) is 6.42 Å². The number of carbonyl (C=O) groups excluding carboxylic acids is 1. The predicted octanol–water partition coefficient (Wildman–Crippen LogP) is 9.05. The summed E-state index contributed by atoms with van der Waals surface area (Å²) in [5.41, 5.74) is 0. The minimum Gasteiger partial charge on any atom is -0.394 e. The molecule has 17 atom stereocenters. The van der Waals surface area contributed by atoms with Gasteiger partial charge in [-0.3, -0.25) is 4.79 Å². The molecule has 0 spiro atoms. The summed E-state index contributed by atoms with van der Waals surface area (Å²) in [4.78, 5) is 13.4. The lowest BCUT2D eigenvalue weighted by molar-refractivity contribution is -0.379. The van der Waals surface area contributed by atoms with Crippen LogP contribution in [0.5, 0.6) is 0 Å². The maximum absolute atomic E-state index is 13.4. The van der Waals surface area contributed by atoms with E-state index in [1.165, 1.54) is 186 Å². The number of nitrogens with one attached hydrogen (secondary N) is 1. The number of aliphatic hydroxyl groups excluding tert-OH is 11. The second-order valence-electron chi connectivity index (χ2n) is 25.3. The largest absolute Gasteiger partial charge is 0.394 e. The molecule has 0 radical (unpaired) electrons. The molecule has 12 N–H and O–H groups in total. The number of carbonyl (C=O) groups is 1. The smallest absolute Gasteiger partial charge is 0.220 e. The molecule has 17 unspecified atom stereocenters. The highest BCUT2D eigenvalue weighted by Crippen LogP contribution is 2.33. The number of unbranched alkanes of at least 4 members (excludes halogenated alkanes) is 36. The first-order valence-electron chi connectivity index (χ1n) is 35.1. The molecule has 0 aromatic carbocycles. The Morgan fingerprint density at radius 1 is 0.402 bits per heavy atom. The summed E-state index contributed by atoms with van der Waals surface area (Å²) < 4.78 is 34.4. The molecule has 1 amide bonds. The SMILES string of the molecule is CCCCCCCC/C=C\CCCCCCCCCC(=O)NC(COC1OC(CO)C(OC2OC(CO)C(OC3OC(CO)C(O)C(O)C3O)C(O)C2O)C(O)C1O)C(O)/C=C/CCCCCCCCCCCCCCCCCCCCCCCCC. The Labute approximate surface area is 524 Å². The summed E-state index contributed by atoms with van der Waals surface area (Å²) in [6.45, 7) is 1.75. The van der Waals surface area contributed by atoms with E-state index in [4.69, 9.17) is 28.4 Å². The van der Waals surface area contributed by atoms with Crippen LogP contribution in [0.4, 0.5) is 0 Å². The quantitative estimate of drug-likeness (QED) is 0.0200. The van der Waals surface area contributed by atoms with Crippen molar-refractivity contribution in [2.45, 2.75) is 375 Å². The molecular weight excluding hydrogens is 1120 g/mol. The van der Waals surface area contributed by atoms with E-state index in [1.54, 1.807) is 6.08 Å². The van der Waals surface area contributed by atoms with Gasteiger partial charge < -0.3 is 89.9 Å². The average Bonchev–Trinajstić information content (AvgIpc) is 2.97. The Bertz CT molecular complexity index is 1680. The van der Waals surface area contributed by atoms with Crippen LogP contribution in [0.2, 0.25) is 0 Å². The number of rotatable bonds is 54. The van der Waals surface area contributed by atoms with Gasteiger partial charge in [-0.1, -0.05) is 244 Å². The molecule has 3 saturated heterocycles. The van der Waals surface area contributed by atoms with Crippen molar-refractivity contribution in [3.8, 4) is 0 Å². The summed E-state index contributed by atoms with van der Waals surface area (Å²) in [6.07, 6.45) is 30.1. The number of aliphatic hydroxyl groups is 11. The molecule has 0 saturated carbocycles. The molecule has 3 aliphatic rings. The van der Waals surface area contributed by atoms with Crippen LogP contribution in [-0.2, 0) is 33.2 Å². The molecule has 0 aromatic heterocycles. The van der Waals surface area contributed by atoms with E-state index in [9.17, 15) is 61.0 Å². The normalized spacial score (nSPS) is 28.7. The number of ether oxygens (including phenoxy) is 6. The van der Waals surface area contributed by atoms with Gasteiger partial charge in [0, 0.05) is 6.42 Å². The van der Waals surface area contributed by atoms with Gasteiger partial charge in [-0.15, -0.1) is 0 Å². The van der Waals surface area contributed by atoms with E-state index in [1.807, 2.05) is 6.08 Å². The second kappa shape index (κ2) is 50.8. The maximum atomic E-state index is 13.4. The lowest BCUT2D eigenvalue weighted by Gasteiger charge is -2.48. The van der Waals surface area contributed by atoms with Gasteiger partial charge in [0.15, 0.2) is 18.9 Å². The molecule has 512 valence electrons. The highest BCUT2D eigenvalue weighted by atomic mass is 16.8. The Morgan fingerprint density at radius 2 is 0.724 bits per heavy atom. The lowest BCUT2D eigenvalue weighted by atomic mass is 9.96. The fourth-order valence-corrected chi connectivity index (χ4v) is 12.0. The second-order valence-corrected chi connectivity index (χ2v) is 25.3. The summed E-state index contributed by atoms with van der Waals surface area (Å²) in [7, 11) is 0. The van der Waals surface area contributed by atoms with Gasteiger partial charge in [0.1, 0.15) is 73.2 Å². The first kappa shape index (κ1) is 79.5. The lowest BCUT2D eigenvalue weighted by Crippen LogP contribution is -2.66. The van der Waals surface area contributed by atoms with Crippen LogP contribution in [0.25, 0.3) is 0 Å². The van der Waals surface area contributed by atoms with E-state index in [0.717, 1.165) is 57.8 Å². The van der Waals surface area contributed by atoms with Gasteiger partial charge in [-0.25, -0.2) is 0 Å². The molecule has 19 nitrogen and oxygen atoms in total. The fourth-order valence-electron chi connectivity index (χ4n) is 12.0. The van der Waals surface area contributed by atoms with Crippen molar-refractivity contribution in [1.82, 2.24) is 5.32 Å². The van der Waals surface area contributed by atoms with Gasteiger partial charge >= 0.3 is 0 Å². The predicted molar refractivity (Wildman–Crippen MR) is 337 cm³/mol. The van der Waals surface area contributed by atoms with Crippen molar-refractivity contribution < 1.29 is 89.4 Å². The topological polar surface area (TPSA) is 307 Å². The number of amides is 1. The van der Waals surface area contributed by atoms with E-state index < -0.39 is 124 Å². The third-order valence-electron chi connectivity index (χ3n) is 17.7. The summed E-state index contributed by atoms with van der Waals surface area (Å²) in [5, 5.41) is 120. The van der Waals surface area contributed by atoms with E-state index in [-0.39, 0.29) is 18.9 Å². The Kier molecular flexibility index (Phi) is 46.4. The van der Waals surface area contributed by atoms with Crippen molar-refractivity contribution in [1.29, 1.82) is 0 Å². The maximum Gasteiger partial charge on any atom is 0.220 e. The van der Waals surface area contributed by atoms with Crippen LogP contribution in [-0.4, -0.2) is 193 Å². The van der Waals surface area contributed by atoms with Crippen LogP contribution < -0.4 is 5.32 Å². The Balaban J connectivity index is 1.44. The zero-order chi connectivity index (χ0) is 63.3.